The number of thiocarbonyl (C=S) groups is 1. The Morgan fingerprint density at radius 1 is 1.09 bits per heavy atom. The molecule has 0 bridgehead atoms. The zero-order chi connectivity index (χ0) is 23.5. The molecule has 1 aliphatic heterocycles. The molecule has 1 aliphatic rings. The molecule has 8 heteroatoms. The lowest BCUT2D eigenvalue weighted by Gasteiger charge is -2.16. The smallest absolute Gasteiger partial charge is 0.281 e. The summed E-state index contributed by atoms with van der Waals surface area (Å²) in [5.41, 5.74) is 2.57. The number of benzene rings is 3. The van der Waals surface area contributed by atoms with Gasteiger partial charge in [-0.3, -0.25) is 9.69 Å². The van der Waals surface area contributed by atoms with Gasteiger partial charge >= 0.3 is 0 Å². The topological polar surface area (TPSA) is 42.0 Å². The molecule has 3 aromatic rings. The van der Waals surface area contributed by atoms with Gasteiger partial charge in [-0.25, -0.2) is 4.39 Å². The van der Waals surface area contributed by atoms with Crippen LogP contribution < -0.4 is 14.4 Å². The van der Waals surface area contributed by atoms with Crippen molar-refractivity contribution in [1.29, 1.82) is 0 Å². The van der Waals surface area contributed by atoms with Crippen LogP contribution in [-0.4, -0.2) is 30.1 Å². The van der Waals surface area contributed by atoms with Gasteiger partial charge in [-0.15, -0.1) is 0 Å². The first-order valence-electron chi connectivity index (χ1n) is 10.0. The summed E-state index contributed by atoms with van der Waals surface area (Å²) in [6, 6.07) is 19.1. The largest absolute Gasteiger partial charge is 0.493 e. The van der Waals surface area contributed by atoms with Crippen LogP contribution in [0.15, 0.2) is 76.9 Å². The van der Waals surface area contributed by atoms with E-state index in [0.717, 1.165) is 5.56 Å². The Bertz CT molecular complexity index is 1250. The van der Waals surface area contributed by atoms with Crippen molar-refractivity contribution in [2.75, 3.05) is 19.1 Å². The Kier molecular flexibility index (Phi) is 6.76. The number of ether oxygens (including phenoxy) is 2. The number of amides is 1. The number of rotatable bonds is 6. The second kappa shape index (κ2) is 9.72. The lowest BCUT2D eigenvalue weighted by molar-refractivity contribution is -0.114. The number of hydrogen-bond acceptors (Lipinski definition) is 4. The summed E-state index contributed by atoms with van der Waals surface area (Å²) >= 11 is 9.03. The zero-order valence-corrected chi connectivity index (χ0v) is 20.3. The normalized spacial score (nSPS) is 14.8. The highest BCUT2D eigenvalue weighted by Gasteiger charge is 2.36. The Labute approximate surface area is 205 Å². The molecule has 0 N–H and O–H groups in total. The van der Waals surface area contributed by atoms with E-state index in [4.69, 9.17) is 21.7 Å². The maximum absolute atomic E-state index is 13.5. The van der Waals surface area contributed by atoms with Crippen LogP contribution in [0, 0.1) is 5.82 Å². The van der Waals surface area contributed by atoms with Gasteiger partial charge in [0.25, 0.3) is 5.91 Å². The summed E-state index contributed by atoms with van der Waals surface area (Å²) in [6.45, 7) is 0.175. The molecule has 3 aromatic carbocycles. The standard InChI is InChI=1S/C25H20BrFN2O3S/c1-28-21(24(30)29(25(28)33)19-9-4-3-5-10-19)13-17-12-20(26)23(22(14-17)31-2)32-15-16-7-6-8-18(27)11-16/h3-14H,15H2,1-2H3/b21-13-. The molecule has 1 saturated heterocycles. The predicted molar refractivity (Wildman–Crippen MR) is 134 cm³/mol. The molecule has 168 valence electrons. The summed E-state index contributed by atoms with van der Waals surface area (Å²) in [6.07, 6.45) is 1.75. The molecule has 1 amide bonds. The van der Waals surface area contributed by atoms with E-state index in [1.165, 1.54) is 24.1 Å². The van der Waals surface area contributed by atoms with Crippen molar-refractivity contribution in [3.05, 3.63) is 93.8 Å². The number of nitrogens with zero attached hydrogens (tertiary/aromatic N) is 2. The minimum absolute atomic E-state index is 0.175. The van der Waals surface area contributed by atoms with Gasteiger partial charge in [0.2, 0.25) is 0 Å². The Hall–Kier alpha value is -3.23. The van der Waals surface area contributed by atoms with E-state index in [-0.39, 0.29) is 18.3 Å². The maximum Gasteiger partial charge on any atom is 0.281 e. The quantitative estimate of drug-likeness (QED) is 0.300. The molecule has 0 atom stereocenters. The number of carbonyl (C=O) groups excluding carboxylic acids is 1. The van der Waals surface area contributed by atoms with Crippen molar-refractivity contribution in [2.24, 2.45) is 0 Å². The highest BCUT2D eigenvalue weighted by atomic mass is 79.9. The maximum atomic E-state index is 13.5. The third-order valence-corrected chi connectivity index (χ3v) is 6.15. The zero-order valence-electron chi connectivity index (χ0n) is 17.9. The van der Waals surface area contributed by atoms with Crippen LogP contribution in [0.25, 0.3) is 6.08 Å². The van der Waals surface area contributed by atoms with E-state index in [1.807, 2.05) is 36.4 Å². The Morgan fingerprint density at radius 3 is 2.55 bits per heavy atom. The fourth-order valence-corrected chi connectivity index (χ4v) is 4.33. The highest BCUT2D eigenvalue weighted by Crippen LogP contribution is 2.38. The van der Waals surface area contributed by atoms with Crippen molar-refractivity contribution in [2.45, 2.75) is 6.61 Å². The van der Waals surface area contributed by atoms with Gasteiger partial charge in [-0.1, -0.05) is 30.3 Å². The molecule has 0 aliphatic carbocycles. The first-order valence-corrected chi connectivity index (χ1v) is 11.2. The molecule has 33 heavy (non-hydrogen) atoms. The Morgan fingerprint density at radius 2 is 1.85 bits per heavy atom. The van der Waals surface area contributed by atoms with Gasteiger partial charge in [0, 0.05) is 7.05 Å². The summed E-state index contributed by atoms with van der Waals surface area (Å²) in [5.74, 6) is 0.423. The second-order valence-corrected chi connectivity index (χ2v) is 8.52. The number of methoxy groups -OCH3 is 1. The van der Waals surface area contributed by atoms with Crippen molar-refractivity contribution in [1.82, 2.24) is 4.90 Å². The van der Waals surface area contributed by atoms with Crippen molar-refractivity contribution in [3.8, 4) is 11.5 Å². The number of para-hydroxylation sites is 1. The lowest BCUT2D eigenvalue weighted by Crippen LogP contribution is -2.30. The fourth-order valence-electron chi connectivity index (χ4n) is 3.46. The molecule has 0 radical (unpaired) electrons. The Balaban J connectivity index is 1.62. The van der Waals surface area contributed by atoms with Gasteiger partial charge in [-0.05, 0) is 81.7 Å². The number of halogens is 2. The van der Waals surface area contributed by atoms with Crippen molar-refractivity contribution >= 4 is 50.9 Å². The van der Waals surface area contributed by atoms with Crippen molar-refractivity contribution < 1.29 is 18.7 Å². The third kappa shape index (κ3) is 4.77. The summed E-state index contributed by atoms with van der Waals surface area (Å²) in [7, 11) is 3.30. The van der Waals surface area contributed by atoms with Gasteiger partial charge in [-0.2, -0.15) is 0 Å². The first-order chi connectivity index (χ1) is 15.9. The summed E-state index contributed by atoms with van der Waals surface area (Å²) < 4.78 is 25.5. The number of hydrogen-bond donors (Lipinski definition) is 0. The van der Waals surface area contributed by atoms with Gasteiger partial charge in [0.15, 0.2) is 16.6 Å². The molecular weight excluding hydrogens is 507 g/mol. The van der Waals surface area contributed by atoms with E-state index in [0.29, 0.717) is 38.0 Å². The minimum Gasteiger partial charge on any atom is -0.493 e. The number of carbonyl (C=O) groups is 1. The molecule has 0 unspecified atom stereocenters. The van der Waals surface area contributed by atoms with Crippen LogP contribution >= 0.6 is 28.1 Å². The second-order valence-electron chi connectivity index (χ2n) is 7.30. The molecule has 1 heterocycles. The van der Waals surface area contributed by atoms with Crippen LogP contribution in [0.3, 0.4) is 0 Å². The molecule has 0 saturated carbocycles. The molecular formula is C25H20BrFN2O3S. The highest BCUT2D eigenvalue weighted by molar-refractivity contribution is 9.10. The van der Waals surface area contributed by atoms with Crippen LogP contribution in [0.5, 0.6) is 11.5 Å². The number of anilines is 1. The third-order valence-electron chi connectivity index (χ3n) is 5.10. The van der Waals surface area contributed by atoms with E-state index in [9.17, 15) is 9.18 Å². The average Bonchev–Trinajstić information content (AvgIpc) is 3.01. The molecule has 1 fully saturated rings. The lowest BCUT2D eigenvalue weighted by atomic mass is 10.1. The SMILES string of the molecule is COc1cc(/C=C2/C(=O)N(c3ccccc3)C(=S)N2C)cc(Br)c1OCc1cccc(F)c1. The van der Waals surface area contributed by atoms with Gasteiger partial charge in [0.1, 0.15) is 18.1 Å². The van der Waals surface area contributed by atoms with Crippen LogP contribution in [0.1, 0.15) is 11.1 Å². The van der Waals surface area contributed by atoms with Crippen LogP contribution in [0.2, 0.25) is 0 Å². The molecule has 0 spiro atoms. The molecule has 5 nitrogen and oxygen atoms in total. The monoisotopic (exact) mass is 526 g/mol. The fraction of sp³-hybridized carbons (Fsp3) is 0.120. The van der Waals surface area contributed by atoms with Crippen molar-refractivity contribution in [3.63, 3.8) is 0 Å². The van der Waals surface area contributed by atoms with E-state index >= 15 is 0 Å². The van der Waals surface area contributed by atoms with Crippen LogP contribution in [-0.2, 0) is 11.4 Å². The van der Waals surface area contributed by atoms with Gasteiger partial charge < -0.3 is 14.4 Å². The number of likely N-dealkylation sites (N-methyl/N-ethyl adjacent to an activating group) is 1. The molecule has 4 rings (SSSR count). The predicted octanol–water partition coefficient (Wildman–Crippen LogP) is 5.78. The van der Waals surface area contributed by atoms with E-state index in [1.54, 1.807) is 36.2 Å². The van der Waals surface area contributed by atoms with E-state index < -0.39 is 0 Å². The first kappa shape index (κ1) is 22.9. The minimum atomic E-state index is -0.322. The van der Waals surface area contributed by atoms with E-state index in [2.05, 4.69) is 15.9 Å². The molecule has 0 aromatic heterocycles. The summed E-state index contributed by atoms with van der Waals surface area (Å²) in [4.78, 5) is 16.3. The average molecular weight is 527 g/mol. The summed E-state index contributed by atoms with van der Waals surface area (Å²) in [5, 5.41) is 0.401. The van der Waals surface area contributed by atoms with Gasteiger partial charge in [0.05, 0.1) is 17.3 Å². The van der Waals surface area contributed by atoms with Crippen LogP contribution in [0.4, 0.5) is 10.1 Å².